The van der Waals surface area contributed by atoms with Crippen LogP contribution in [0.5, 0.6) is 0 Å². The highest BCUT2D eigenvalue weighted by Gasteiger charge is 2.29. The second-order valence-electron chi connectivity index (χ2n) is 6.29. The molecule has 3 aromatic heterocycles. The van der Waals surface area contributed by atoms with Crippen molar-refractivity contribution in [3.63, 3.8) is 0 Å². The van der Waals surface area contributed by atoms with Gasteiger partial charge in [-0.15, -0.1) is 0 Å². The molecule has 0 bridgehead atoms. The number of aryl methyl sites for hydroxylation is 1. The van der Waals surface area contributed by atoms with Gasteiger partial charge in [-0.05, 0) is 36.8 Å². The number of aromatic nitrogens is 2. The summed E-state index contributed by atoms with van der Waals surface area (Å²) in [4.78, 5) is 31.9. The molecular weight excluding hydrogens is 396 g/mol. The van der Waals surface area contributed by atoms with Crippen molar-refractivity contribution in [2.24, 2.45) is 0 Å². The third kappa shape index (κ3) is 3.34. The molecule has 1 aliphatic rings. The molecule has 0 spiro atoms. The van der Waals surface area contributed by atoms with E-state index >= 15 is 0 Å². The fourth-order valence-corrected chi connectivity index (χ4v) is 3.95. The Morgan fingerprint density at radius 3 is 2.82 bits per heavy atom. The molecule has 142 valence electrons. The number of pyridine rings is 1. The van der Waals surface area contributed by atoms with Crippen LogP contribution in [-0.2, 0) is 11.3 Å². The molecule has 1 fully saturated rings. The van der Waals surface area contributed by atoms with Crippen molar-refractivity contribution in [3.05, 3.63) is 68.9 Å². The van der Waals surface area contributed by atoms with E-state index in [9.17, 15) is 9.59 Å². The number of nitrogens with one attached hydrogen (secondary N) is 1. The van der Waals surface area contributed by atoms with Crippen molar-refractivity contribution in [2.75, 3.05) is 12.4 Å². The van der Waals surface area contributed by atoms with E-state index in [1.807, 2.05) is 19.1 Å². The largest absolute Gasteiger partial charge is 0.467 e. The predicted octanol–water partition coefficient (Wildman–Crippen LogP) is 3.04. The zero-order chi connectivity index (χ0) is 19.8. The molecule has 1 amide bonds. The molecule has 1 saturated heterocycles. The number of carbonyl (C=O) groups is 1. The lowest BCUT2D eigenvalue weighted by atomic mass is 10.2. The normalized spacial score (nSPS) is 15.8. The molecule has 9 heteroatoms. The predicted molar refractivity (Wildman–Crippen MR) is 113 cm³/mol. The van der Waals surface area contributed by atoms with Crippen LogP contribution in [0.2, 0.25) is 0 Å². The number of furan rings is 1. The maximum Gasteiger partial charge on any atom is 0.267 e. The van der Waals surface area contributed by atoms with E-state index in [4.69, 9.17) is 16.6 Å². The number of nitrogens with zero attached hydrogens (tertiary/aromatic N) is 3. The minimum atomic E-state index is -0.267. The zero-order valence-electron chi connectivity index (χ0n) is 15.1. The maximum absolute atomic E-state index is 13.2. The van der Waals surface area contributed by atoms with Gasteiger partial charge in [0.2, 0.25) is 0 Å². The summed E-state index contributed by atoms with van der Waals surface area (Å²) in [5, 5.41) is 3.14. The monoisotopic (exact) mass is 412 g/mol. The SMILES string of the molecule is Cc1ccc2nc(NCc3ccco3)c(/C=C3/SC(=S)N(C)C3=O)c(=O)n2c1. The zero-order valence-corrected chi connectivity index (χ0v) is 16.8. The van der Waals surface area contributed by atoms with E-state index in [1.165, 1.54) is 21.1 Å². The number of rotatable bonds is 4. The average Bonchev–Trinajstić information content (AvgIpc) is 3.28. The summed E-state index contributed by atoms with van der Waals surface area (Å²) in [6.45, 7) is 2.26. The van der Waals surface area contributed by atoms with Gasteiger partial charge in [-0.2, -0.15) is 0 Å². The number of amides is 1. The van der Waals surface area contributed by atoms with E-state index in [1.54, 1.807) is 37.7 Å². The van der Waals surface area contributed by atoms with E-state index in [0.717, 1.165) is 5.56 Å². The number of thioether (sulfide) groups is 1. The van der Waals surface area contributed by atoms with Crippen molar-refractivity contribution in [2.45, 2.75) is 13.5 Å². The minimum absolute atomic E-state index is 0.235. The van der Waals surface area contributed by atoms with Gasteiger partial charge in [0.05, 0.1) is 23.3 Å². The third-order valence-electron chi connectivity index (χ3n) is 4.28. The molecule has 7 nitrogen and oxygen atoms in total. The maximum atomic E-state index is 13.2. The molecule has 0 unspecified atom stereocenters. The van der Waals surface area contributed by atoms with Gasteiger partial charge in [0.15, 0.2) is 0 Å². The Morgan fingerprint density at radius 2 is 2.14 bits per heavy atom. The Kier molecular flexibility index (Phi) is 4.78. The number of hydrogen-bond donors (Lipinski definition) is 1. The van der Waals surface area contributed by atoms with E-state index in [-0.39, 0.29) is 11.5 Å². The summed E-state index contributed by atoms with van der Waals surface area (Å²) in [6, 6.07) is 7.28. The van der Waals surface area contributed by atoms with Crippen LogP contribution in [0.3, 0.4) is 0 Å². The highest BCUT2D eigenvalue weighted by molar-refractivity contribution is 8.26. The third-order valence-corrected chi connectivity index (χ3v) is 5.76. The summed E-state index contributed by atoms with van der Waals surface area (Å²) in [7, 11) is 1.61. The summed E-state index contributed by atoms with van der Waals surface area (Å²) < 4.78 is 7.26. The summed E-state index contributed by atoms with van der Waals surface area (Å²) >= 11 is 6.34. The fraction of sp³-hybridized carbons (Fsp3) is 0.158. The van der Waals surface area contributed by atoms with E-state index < -0.39 is 0 Å². The molecule has 28 heavy (non-hydrogen) atoms. The number of thiocarbonyl (C=S) groups is 1. The molecule has 0 saturated carbocycles. The molecule has 0 aromatic carbocycles. The number of carbonyl (C=O) groups excluding carboxylic acids is 1. The van der Waals surface area contributed by atoms with Crippen molar-refractivity contribution in [1.82, 2.24) is 14.3 Å². The first-order valence-corrected chi connectivity index (χ1v) is 9.67. The van der Waals surface area contributed by atoms with E-state index in [0.29, 0.717) is 38.6 Å². The number of likely N-dealkylation sites (N-methyl/N-ethyl adjacent to an activating group) is 1. The Bertz CT molecular complexity index is 1180. The highest BCUT2D eigenvalue weighted by atomic mass is 32.2. The minimum Gasteiger partial charge on any atom is -0.467 e. The van der Waals surface area contributed by atoms with Gasteiger partial charge in [-0.1, -0.05) is 30.0 Å². The molecule has 0 aliphatic carbocycles. The summed E-state index contributed by atoms with van der Waals surface area (Å²) in [6.07, 6.45) is 4.86. The van der Waals surface area contributed by atoms with Crippen LogP contribution in [0.25, 0.3) is 11.7 Å². The van der Waals surface area contributed by atoms with Crippen LogP contribution >= 0.6 is 24.0 Å². The van der Waals surface area contributed by atoms with Crippen molar-refractivity contribution in [1.29, 1.82) is 0 Å². The smallest absolute Gasteiger partial charge is 0.267 e. The molecule has 1 aliphatic heterocycles. The Balaban J connectivity index is 1.85. The molecule has 4 heterocycles. The molecule has 4 rings (SSSR count). The average molecular weight is 412 g/mol. The summed E-state index contributed by atoms with van der Waals surface area (Å²) in [5.74, 6) is 0.851. The molecule has 3 aromatic rings. The topological polar surface area (TPSA) is 79.8 Å². The number of anilines is 1. The number of fused-ring (bicyclic) bond motifs is 1. The van der Waals surface area contributed by atoms with Gasteiger partial charge in [0.25, 0.3) is 11.5 Å². The van der Waals surface area contributed by atoms with Crippen LogP contribution < -0.4 is 10.9 Å². The highest BCUT2D eigenvalue weighted by Crippen LogP contribution is 2.31. The number of hydrogen-bond acceptors (Lipinski definition) is 7. The Morgan fingerprint density at radius 1 is 1.32 bits per heavy atom. The Labute approximate surface area is 170 Å². The lowest BCUT2D eigenvalue weighted by Crippen LogP contribution is -2.23. The van der Waals surface area contributed by atoms with E-state index in [2.05, 4.69) is 10.3 Å². The Hall–Kier alpha value is -2.91. The van der Waals surface area contributed by atoms with Crippen LogP contribution in [0.4, 0.5) is 5.82 Å². The van der Waals surface area contributed by atoms with Crippen LogP contribution in [0.15, 0.2) is 50.8 Å². The second-order valence-corrected chi connectivity index (χ2v) is 7.96. The van der Waals surface area contributed by atoms with Crippen LogP contribution in [0, 0.1) is 6.92 Å². The van der Waals surface area contributed by atoms with Gasteiger partial charge in [0.1, 0.15) is 21.5 Å². The summed E-state index contributed by atoms with van der Waals surface area (Å²) in [5.41, 5.74) is 1.47. The first-order valence-electron chi connectivity index (χ1n) is 8.45. The molecular formula is C19H16N4O3S2. The van der Waals surface area contributed by atoms with Gasteiger partial charge < -0.3 is 9.73 Å². The van der Waals surface area contributed by atoms with Gasteiger partial charge >= 0.3 is 0 Å². The molecule has 0 atom stereocenters. The first-order chi connectivity index (χ1) is 13.4. The van der Waals surface area contributed by atoms with Crippen molar-refractivity contribution >= 4 is 51.7 Å². The van der Waals surface area contributed by atoms with Gasteiger partial charge in [-0.25, -0.2) is 4.98 Å². The molecule has 1 N–H and O–H groups in total. The lowest BCUT2D eigenvalue weighted by Gasteiger charge is -2.11. The van der Waals surface area contributed by atoms with Gasteiger partial charge in [-0.3, -0.25) is 18.9 Å². The fourth-order valence-electron chi connectivity index (χ4n) is 2.78. The second kappa shape index (κ2) is 7.25. The first kappa shape index (κ1) is 18.5. The standard InChI is InChI=1S/C19H16N4O3S2/c1-11-5-6-15-21-16(20-9-12-4-3-7-26-12)13(17(24)23(15)10-11)8-14-18(25)22(2)19(27)28-14/h3-8,10,20H,9H2,1-2H3/b14-8+. The van der Waals surface area contributed by atoms with Crippen LogP contribution in [-0.4, -0.2) is 31.6 Å². The lowest BCUT2D eigenvalue weighted by molar-refractivity contribution is -0.121. The molecule has 0 radical (unpaired) electrons. The van der Waals surface area contributed by atoms with Crippen molar-refractivity contribution < 1.29 is 9.21 Å². The quantitative estimate of drug-likeness (QED) is 0.521. The van der Waals surface area contributed by atoms with Crippen LogP contribution in [0.1, 0.15) is 16.9 Å². The van der Waals surface area contributed by atoms with Crippen molar-refractivity contribution in [3.8, 4) is 0 Å². The van der Waals surface area contributed by atoms with Gasteiger partial charge in [0, 0.05) is 13.2 Å².